The highest BCUT2D eigenvalue weighted by atomic mass is 16.5. The Balaban J connectivity index is 1.92. The molecule has 0 bridgehead atoms. The molecule has 0 unspecified atom stereocenters. The number of amides is 1. The molecule has 21 heavy (non-hydrogen) atoms. The summed E-state index contributed by atoms with van der Waals surface area (Å²) in [6, 6.07) is 12.9. The molecule has 104 valence electrons. The summed E-state index contributed by atoms with van der Waals surface area (Å²) in [5.74, 6) is 0.0309. The second-order valence-corrected chi connectivity index (χ2v) is 4.34. The van der Waals surface area contributed by atoms with Crippen molar-refractivity contribution in [2.45, 2.75) is 6.54 Å². The normalized spacial score (nSPS) is 10.3. The van der Waals surface area contributed by atoms with Crippen molar-refractivity contribution < 1.29 is 9.32 Å². The number of rotatable bonds is 4. The molecular weight excluding hydrogens is 268 g/mol. The Hall–Kier alpha value is -3.02. The fourth-order valence-electron chi connectivity index (χ4n) is 1.93. The van der Waals surface area contributed by atoms with E-state index in [0.717, 1.165) is 5.56 Å². The van der Waals surface area contributed by atoms with Crippen molar-refractivity contribution in [3.63, 3.8) is 0 Å². The van der Waals surface area contributed by atoms with E-state index in [4.69, 9.17) is 4.52 Å². The van der Waals surface area contributed by atoms with Gasteiger partial charge in [-0.15, -0.1) is 0 Å². The zero-order valence-corrected chi connectivity index (χ0v) is 11.1. The van der Waals surface area contributed by atoms with Crippen LogP contribution in [0.4, 0.5) is 5.95 Å². The lowest BCUT2D eigenvalue weighted by atomic mass is 10.2. The van der Waals surface area contributed by atoms with Crippen LogP contribution in [0.25, 0.3) is 0 Å². The van der Waals surface area contributed by atoms with Gasteiger partial charge in [-0.05, 0) is 22.9 Å². The molecule has 0 spiro atoms. The molecule has 6 heteroatoms. The number of anilines is 1. The van der Waals surface area contributed by atoms with Gasteiger partial charge in [0.15, 0.2) is 0 Å². The summed E-state index contributed by atoms with van der Waals surface area (Å²) < 4.78 is 4.75. The summed E-state index contributed by atoms with van der Waals surface area (Å²) in [5, 5.41) is 3.76. The largest absolute Gasteiger partial charge is 0.341 e. The van der Waals surface area contributed by atoms with Crippen molar-refractivity contribution in [2.24, 2.45) is 0 Å². The Morgan fingerprint density at radius 3 is 2.52 bits per heavy atom. The first-order chi connectivity index (χ1) is 10.3. The lowest BCUT2D eigenvalue weighted by molar-refractivity contribution is 0.0982. The van der Waals surface area contributed by atoms with Crippen LogP contribution < -0.4 is 4.90 Å². The predicted octanol–water partition coefficient (Wildman–Crippen LogP) is 2.31. The van der Waals surface area contributed by atoms with Crippen LogP contribution in [0, 0.1) is 0 Å². The van der Waals surface area contributed by atoms with E-state index < -0.39 is 0 Å². The average molecular weight is 280 g/mol. The molecule has 0 radical (unpaired) electrons. The quantitative estimate of drug-likeness (QED) is 0.733. The summed E-state index contributed by atoms with van der Waals surface area (Å²) in [6.45, 7) is 0.363. The molecule has 0 aliphatic rings. The molecule has 2 aromatic heterocycles. The molecule has 6 nitrogen and oxygen atoms in total. The molecule has 0 saturated carbocycles. The van der Waals surface area contributed by atoms with Crippen LogP contribution in [0.3, 0.4) is 0 Å². The van der Waals surface area contributed by atoms with Crippen molar-refractivity contribution >= 4 is 11.9 Å². The number of carbonyl (C=O) groups is 1. The number of carbonyl (C=O) groups excluding carboxylic acids is 1. The summed E-state index contributed by atoms with van der Waals surface area (Å²) >= 11 is 0. The minimum Gasteiger partial charge on any atom is -0.341 e. The Labute approximate surface area is 121 Å². The van der Waals surface area contributed by atoms with E-state index in [1.54, 1.807) is 24.5 Å². The third-order valence-electron chi connectivity index (χ3n) is 2.95. The molecular formula is C15H12N4O2. The Morgan fingerprint density at radius 1 is 1.10 bits per heavy atom. The summed E-state index contributed by atoms with van der Waals surface area (Å²) in [7, 11) is 0. The van der Waals surface area contributed by atoms with Gasteiger partial charge in [0.25, 0.3) is 11.9 Å². The monoisotopic (exact) mass is 280 g/mol. The fourth-order valence-corrected chi connectivity index (χ4v) is 1.93. The minimum absolute atomic E-state index is 0.206. The standard InChI is InChI=1S/C15H12N4O2/c20-14(13-6-8-16-9-7-13)19(15-17-11-21-18-15)10-12-4-2-1-3-5-12/h1-9,11H,10H2. The molecule has 1 amide bonds. The Kier molecular flexibility index (Phi) is 3.68. The van der Waals surface area contributed by atoms with Gasteiger partial charge in [0.1, 0.15) is 0 Å². The number of pyridine rings is 1. The van der Waals surface area contributed by atoms with Crippen molar-refractivity contribution in [1.29, 1.82) is 0 Å². The van der Waals surface area contributed by atoms with Crippen LogP contribution >= 0.6 is 0 Å². The molecule has 2 heterocycles. The van der Waals surface area contributed by atoms with Gasteiger partial charge in [0.2, 0.25) is 6.39 Å². The molecule has 0 atom stereocenters. The van der Waals surface area contributed by atoms with Crippen molar-refractivity contribution in [3.8, 4) is 0 Å². The summed E-state index contributed by atoms with van der Waals surface area (Å²) in [6.07, 6.45) is 4.35. The fraction of sp³-hybridized carbons (Fsp3) is 0.0667. The third kappa shape index (κ3) is 2.94. The van der Waals surface area contributed by atoms with Gasteiger partial charge in [-0.1, -0.05) is 30.3 Å². The molecule has 0 N–H and O–H groups in total. The van der Waals surface area contributed by atoms with Crippen molar-refractivity contribution in [2.75, 3.05) is 4.90 Å². The van der Waals surface area contributed by atoms with E-state index >= 15 is 0 Å². The molecule has 0 saturated heterocycles. The second-order valence-electron chi connectivity index (χ2n) is 4.34. The average Bonchev–Trinajstić information content (AvgIpc) is 3.08. The first kappa shape index (κ1) is 13.0. The van der Waals surface area contributed by atoms with E-state index in [-0.39, 0.29) is 11.9 Å². The van der Waals surface area contributed by atoms with E-state index in [1.807, 2.05) is 30.3 Å². The van der Waals surface area contributed by atoms with Crippen LogP contribution in [-0.4, -0.2) is 21.0 Å². The second kappa shape index (κ2) is 5.96. The molecule has 0 fully saturated rings. The van der Waals surface area contributed by atoms with E-state index in [0.29, 0.717) is 12.1 Å². The van der Waals surface area contributed by atoms with Gasteiger partial charge >= 0.3 is 0 Å². The van der Waals surface area contributed by atoms with Gasteiger partial charge in [-0.3, -0.25) is 14.7 Å². The van der Waals surface area contributed by atoms with Gasteiger partial charge < -0.3 is 4.52 Å². The minimum atomic E-state index is -0.206. The highest BCUT2D eigenvalue weighted by Gasteiger charge is 2.21. The molecule has 3 aromatic rings. The Morgan fingerprint density at radius 2 is 1.86 bits per heavy atom. The zero-order chi connectivity index (χ0) is 14.5. The first-order valence-corrected chi connectivity index (χ1v) is 6.37. The molecule has 3 rings (SSSR count). The number of nitrogens with zero attached hydrogens (tertiary/aromatic N) is 4. The number of benzene rings is 1. The van der Waals surface area contributed by atoms with E-state index in [2.05, 4.69) is 15.1 Å². The van der Waals surface area contributed by atoms with Crippen LogP contribution in [0.2, 0.25) is 0 Å². The highest BCUT2D eigenvalue weighted by molar-refractivity contribution is 6.04. The topological polar surface area (TPSA) is 72.1 Å². The van der Waals surface area contributed by atoms with Crippen LogP contribution in [0.15, 0.2) is 65.8 Å². The summed E-state index contributed by atoms with van der Waals surface area (Å²) in [4.78, 5) is 22.0. The maximum atomic E-state index is 12.6. The van der Waals surface area contributed by atoms with Crippen molar-refractivity contribution in [1.82, 2.24) is 15.1 Å². The highest BCUT2D eigenvalue weighted by Crippen LogP contribution is 2.15. The molecule has 0 aliphatic heterocycles. The number of hydrogen-bond donors (Lipinski definition) is 0. The predicted molar refractivity (Wildman–Crippen MR) is 75.5 cm³/mol. The number of aromatic nitrogens is 3. The van der Waals surface area contributed by atoms with Gasteiger partial charge in [-0.2, -0.15) is 4.98 Å². The van der Waals surface area contributed by atoms with E-state index in [9.17, 15) is 4.79 Å². The lowest BCUT2D eigenvalue weighted by Crippen LogP contribution is -2.31. The SMILES string of the molecule is O=C(c1ccncc1)N(Cc1ccccc1)c1ncon1. The number of hydrogen-bond acceptors (Lipinski definition) is 5. The molecule has 0 aliphatic carbocycles. The first-order valence-electron chi connectivity index (χ1n) is 6.37. The van der Waals surface area contributed by atoms with Crippen LogP contribution in [0.5, 0.6) is 0 Å². The maximum absolute atomic E-state index is 12.6. The third-order valence-corrected chi connectivity index (χ3v) is 2.95. The molecule has 1 aromatic carbocycles. The van der Waals surface area contributed by atoms with Crippen LogP contribution in [0.1, 0.15) is 15.9 Å². The Bertz CT molecular complexity index is 699. The smallest absolute Gasteiger partial charge is 0.273 e. The van der Waals surface area contributed by atoms with Gasteiger partial charge in [0.05, 0.1) is 6.54 Å². The van der Waals surface area contributed by atoms with Gasteiger partial charge in [-0.25, -0.2) is 0 Å². The van der Waals surface area contributed by atoms with Crippen molar-refractivity contribution in [3.05, 3.63) is 72.4 Å². The van der Waals surface area contributed by atoms with E-state index in [1.165, 1.54) is 11.3 Å². The van der Waals surface area contributed by atoms with Crippen LogP contribution in [-0.2, 0) is 6.54 Å². The zero-order valence-electron chi connectivity index (χ0n) is 11.1. The summed E-state index contributed by atoms with van der Waals surface area (Å²) in [5.41, 5.74) is 1.50. The van der Waals surface area contributed by atoms with Gasteiger partial charge in [0, 0.05) is 18.0 Å². The maximum Gasteiger partial charge on any atom is 0.273 e. The lowest BCUT2D eigenvalue weighted by Gasteiger charge is -2.18.